The highest BCUT2D eigenvalue weighted by atomic mass is 16.7. The van der Waals surface area contributed by atoms with E-state index in [-0.39, 0.29) is 18.6 Å². The molecule has 5 heteroatoms. The summed E-state index contributed by atoms with van der Waals surface area (Å²) in [5.74, 6) is 2.21. The highest BCUT2D eigenvalue weighted by molar-refractivity contribution is 5.94. The number of methoxy groups -OCH3 is 1. The molecule has 0 amide bonds. The Kier molecular flexibility index (Phi) is 4.86. The number of fused-ring (bicyclic) bond motifs is 2. The second kappa shape index (κ2) is 7.45. The Bertz CT molecular complexity index is 876. The third-order valence-electron chi connectivity index (χ3n) is 5.35. The maximum Gasteiger partial charge on any atom is 0.231 e. The van der Waals surface area contributed by atoms with Crippen molar-refractivity contribution in [3.8, 4) is 17.2 Å². The summed E-state index contributed by atoms with van der Waals surface area (Å²) in [7, 11) is 3.78. The topological polar surface area (TPSA) is 49.2 Å². The second-order valence-corrected chi connectivity index (χ2v) is 7.03. The van der Waals surface area contributed by atoms with Gasteiger partial charge >= 0.3 is 0 Å². The molecule has 0 aromatic heterocycles. The SMILES string of the molecule is COc1c2c(cc3c1[C@@H](CC(=O)/C=C/c1ccccc1)[NH+](C)CC3)OCO2. The summed E-state index contributed by atoms with van der Waals surface area (Å²) < 4.78 is 16.9. The molecule has 2 aliphatic heterocycles. The minimum atomic E-state index is 0.0334. The maximum absolute atomic E-state index is 12.7. The first kappa shape index (κ1) is 17.6. The van der Waals surface area contributed by atoms with Gasteiger partial charge in [0.05, 0.1) is 32.7 Å². The van der Waals surface area contributed by atoms with Crippen LogP contribution in [0.1, 0.15) is 29.2 Å². The smallest absolute Gasteiger partial charge is 0.231 e. The number of nitrogens with one attached hydrogen (secondary N) is 1. The number of carbonyl (C=O) groups excluding carboxylic acids is 1. The van der Waals surface area contributed by atoms with Crippen LogP contribution in [-0.2, 0) is 11.2 Å². The van der Waals surface area contributed by atoms with Crippen molar-refractivity contribution in [3.05, 3.63) is 59.2 Å². The molecule has 27 heavy (non-hydrogen) atoms. The molecule has 2 heterocycles. The van der Waals surface area contributed by atoms with Gasteiger partial charge in [-0.3, -0.25) is 4.79 Å². The van der Waals surface area contributed by atoms with Gasteiger partial charge in [-0.1, -0.05) is 36.4 Å². The molecule has 2 aromatic carbocycles. The van der Waals surface area contributed by atoms with Gasteiger partial charge in [0.2, 0.25) is 12.5 Å². The van der Waals surface area contributed by atoms with Crippen LogP contribution in [0.3, 0.4) is 0 Å². The van der Waals surface area contributed by atoms with E-state index in [9.17, 15) is 4.79 Å². The lowest BCUT2D eigenvalue weighted by Gasteiger charge is -2.32. The molecule has 0 radical (unpaired) electrons. The molecule has 0 aliphatic carbocycles. The molecule has 0 spiro atoms. The lowest BCUT2D eigenvalue weighted by Crippen LogP contribution is -3.10. The first-order chi connectivity index (χ1) is 13.2. The van der Waals surface area contributed by atoms with Crippen molar-refractivity contribution in [2.24, 2.45) is 0 Å². The molecule has 2 aromatic rings. The molecule has 0 fully saturated rings. The number of hydrogen-bond acceptors (Lipinski definition) is 4. The van der Waals surface area contributed by atoms with Gasteiger partial charge in [-0.25, -0.2) is 0 Å². The monoisotopic (exact) mass is 366 g/mol. The lowest BCUT2D eigenvalue weighted by atomic mass is 9.88. The van der Waals surface area contributed by atoms with Crippen molar-refractivity contribution >= 4 is 11.9 Å². The molecule has 4 rings (SSSR count). The Balaban J connectivity index is 1.62. The highest BCUT2D eigenvalue weighted by Crippen LogP contribution is 2.47. The van der Waals surface area contributed by atoms with Crippen LogP contribution < -0.4 is 19.1 Å². The molecular formula is C22H24NO4+. The Hall–Kier alpha value is -2.79. The van der Waals surface area contributed by atoms with Crippen LogP contribution in [0.2, 0.25) is 0 Å². The van der Waals surface area contributed by atoms with Gasteiger partial charge in [0.15, 0.2) is 17.3 Å². The molecule has 0 bridgehead atoms. The molecular weight excluding hydrogens is 342 g/mol. The van der Waals surface area contributed by atoms with E-state index >= 15 is 0 Å². The summed E-state index contributed by atoms with van der Waals surface area (Å²) in [5, 5.41) is 0. The normalized spacial score (nSPS) is 20.5. The number of ketones is 1. The van der Waals surface area contributed by atoms with Crippen molar-refractivity contribution in [3.63, 3.8) is 0 Å². The van der Waals surface area contributed by atoms with Crippen molar-refractivity contribution in [2.45, 2.75) is 18.9 Å². The second-order valence-electron chi connectivity index (χ2n) is 7.03. The first-order valence-corrected chi connectivity index (χ1v) is 9.25. The summed E-state index contributed by atoms with van der Waals surface area (Å²) >= 11 is 0. The number of benzene rings is 2. The van der Waals surface area contributed by atoms with Crippen molar-refractivity contribution in [2.75, 3.05) is 27.5 Å². The standard InChI is InChI=1S/C22H23NO4/c1-23-11-10-16-12-19-21(27-14-26-19)22(25-2)20(16)18(23)13-17(24)9-8-15-6-4-3-5-7-15/h3-9,12,18H,10-11,13-14H2,1-2H3/p+1/b9-8+/t18-/m1/s1. The molecule has 140 valence electrons. The molecule has 0 saturated heterocycles. The van der Waals surface area contributed by atoms with Crippen molar-refractivity contribution in [1.82, 2.24) is 0 Å². The fourth-order valence-electron chi connectivity index (χ4n) is 3.92. The molecule has 2 aliphatic rings. The summed E-state index contributed by atoms with van der Waals surface area (Å²) in [6.45, 7) is 1.18. The van der Waals surface area contributed by atoms with Crippen LogP contribution in [0, 0.1) is 0 Å². The number of hydrogen-bond donors (Lipinski definition) is 1. The van der Waals surface area contributed by atoms with E-state index in [4.69, 9.17) is 14.2 Å². The Labute approximate surface area is 159 Å². The largest absolute Gasteiger partial charge is 0.492 e. The number of carbonyl (C=O) groups is 1. The Morgan fingerprint density at radius 3 is 2.89 bits per heavy atom. The molecule has 0 saturated carbocycles. The summed E-state index contributed by atoms with van der Waals surface area (Å²) in [5.41, 5.74) is 3.29. The predicted molar refractivity (Wildman–Crippen MR) is 102 cm³/mol. The first-order valence-electron chi connectivity index (χ1n) is 9.25. The zero-order chi connectivity index (χ0) is 18.8. The van der Waals surface area contributed by atoms with E-state index in [1.54, 1.807) is 13.2 Å². The molecule has 1 N–H and O–H groups in total. The zero-order valence-electron chi connectivity index (χ0n) is 15.7. The van der Waals surface area contributed by atoms with Crippen LogP contribution in [-0.4, -0.2) is 33.3 Å². The maximum atomic E-state index is 12.7. The van der Waals surface area contributed by atoms with E-state index in [1.165, 1.54) is 10.5 Å². The van der Waals surface area contributed by atoms with Gasteiger partial charge in [-0.15, -0.1) is 0 Å². The van der Waals surface area contributed by atoms with Gasteiger partial charge in [0.1, 0.15) is 6.04 Å². The fourth-order valence-corrected chi connectivity index (χ4v) is 3.92. The van der Waals surface area contributed by atoms with Gasteiger partial charge in [-0.05, 0) is 23.3 Å². The van der Waals surface area contributed by atoms with Crippen LogP contribution in [0.25, 0.3) is 6.08 Å². The fraction of sp³-hybridized carbons (Fsp3) is 0.318. The summed E-state index contributed by atoms with van der Waals surface area (Å²) in [6.07, 6.45) is 4.91. The van der Waals surface area contributed by atoms with Crippen LogP contribution in [0.4, 0.5) is 0 Å². The Morgan fingerprint density at radius 2 is 2.11 bits per heavy atom. The number of likely N-dealkylation sites (N-methyl/N-ethyl adjacent to an activating group) is 1. The van der Waals surface area contributed by atoms with E-state index in [0.717, 1.165) is 29.8 Å². The van der Waals surface area contributed by atoms with Crippen molar-refractivity contribution < 1.29 is 23.9 Å². The third-order valence-corrected chi connectivity index (χ3v) is 5.35. The van der Waals surface area contributed by atoms with Crippen LogP contribution in [0.5, 0.6) is 17.2 Å². The minimum absolute atomic E-state index is 0.0334. The molecule has 2 atom stereocenters. The van der Waals surface area contributed by atoms with Crippen LogP contribution >= 0.6 is 0 Å². The minimum Gasteiger partial charge on any atom is -0.492 e. The quantitative estimate of drug-likeness (QED) is 0.825. The highest BCUT2D eigenvalue weighted by Gasteiger charge is 2.37. The number of ether oxygens (including phenoxy) is 3. The van der Waals surface area contributed by atoms with Gasteiger partial charge < -0.3 is 19.1 Å². The van der Waals surface area contributed by atoms with E-state index < -0.39 is 0 Å². The number of quaternary nitrogens is 1. The average Bonchev–Trinajstić information content (AvgIpc) is 3.16. The predicted octanol–water partition coefficient (Wildman–Crippen LogP) is 2.21. The molecule has 5 nitrogen and oxygen atoms in total. The number of rotatable bonds is 5. The Morgan fingerprint density at radius 1 is 1.30 bits per heavy atom. The van der Waals surface area contributed by atoms with E-state index in [2.05, 4.69) is 7.05 Å². The summed E-state index contributed by atoms with van der Waals surface area (Å²) in [6, 6.07) is 11.9. The number of allylic oxidation sites excluding steroid dienone is 1. The van der Waals surface area contributed by atoms with Crippen LogP contribution in [0.15, 0.2) is 42.5 Å². The molecule has 1 unspecified atom stereocenters. The van der Waals surface area contributed by atoms with E-state index in [0.29, 0.717) is 17.9 Å². The van der Waals surface area contributed by atoms with Crippen molar-refractivity contribution in [1.29, 1.82) is 0 Å². The van der Waals surface area contributed by atoms with Gasteiger partial charge in [0, 0.05) is 6.42 Å². The third kappa shape index (κ3) is 3.43. The average molecular weight is 366 g/mol. The van der Waals surface area contributed by atoms with Gasteiger partial charge in [0.25, 0.3) is 0 Å². The lowest BCUT2D eigenvalue weighted by molar-refractivity contribution is -0.914. The van der Waals surface area contributed by atoms with Gasteiger partial charge in [-0.2, -0.15) is 0 Å². The summed E-state index contributed by atoms with van der Waals surface area (Å²) in [4.78, 5) is 14.0. The zero-order valence-corrected chi connectivity index (χ0v) is 15.7. The van der Waals surface area contributed by atoms with E-state index in [1.807, 2.05) is 42.5 Å².